The van der Waals surface area contributed by atoms with E-state index in [2.05, 4.69) is 111 Å². The fraction of sp³-hybridized carbons (Fsp3) is 0.200. The van der Waals surface area contributed by atoms with Gasteiger partial charge in [-0.05, 0) is 75.6 Å². The van der Waals surface area contributed by atoms with E-state index in [0.29, 0.717) is 0 Å². The minimum Gasteiger partial charge on any atom is -0.456 e. The Kier molecular flexibility index (Phi) is 5.03. The summed E-state index contributed by atoms with van der Waals surface area (Å²) in [6.07, 6.45) is 0. The first-order valence-corrected chi connectivity index (χ1v) is 12.0. The van der Waals surface area contributed by atoms with Gasteiger partial charge in [0.1, 0.15) is 11.2 Å². The van der Waals surface area contributed by atoms with Crippen LogP contribution in [0, 0.1) is 0 Å². The van der Waals surface area contributed by atoms with E-state index in [0.717, 1.165) is 44.5 Å². The van der Waals surface area contributed by atoms with Gasteiger partial charge < -0.3 is 18.6 Å². The van der Waals surface area contributed by atoms with Gasteiger partial charge in [-0.1, -0.05) is 48.5 Å². The summed E-state index contributed by atoms with van der Waals surface area (Å²) in [7, 11) is -0.417. The standard InChI is InChI=1S/C30H28BNO3/c1-29(2)30(3,4)35-31(34-29)21-15-17-25-26-18-16-24(20-28(26)33-27(25)19-21)32(22-11-7-5-8-12-22)23-13-9-6-10-14-23/h5-20H,1-4H3. The minimum absolute atomic E-state index is 0.381. The summed E-state index contributed by atoms with van der Waals surface area (Å²) >= 11 is 0. The topological polar surface area (TPSA) is 34.8 Å². The molecule has 0 unspecified atom stereocenters. The van der Waals surface area contributed by atoms with Crippen molar-refractivity contribution >= 4 is 51.6 Å². The van der Waals surface area contributed by atoms with E-state index < -0.39 is 7.12 Å². The van der Waals surface area contributed by atoms with Crippen molar-refractivity contribution in [3.8, 4) is 0 Å². The molecule has 0 spiro atoms. The first kappa shape index (κ1) is 22.0. The van der Waals surface area contributed by atoms with Gasteiger partial charge in [0.2, 0.25) is 0 Å². The fourth-order valence-corrected chi connectivity index (χ4v) is 4.65. The lowest BCUT2D eigenvalue weighted by Gasteiger charge is -2.32. The molecule has 5 heteroatoms. The summed E-state index contributed by atoms with van der Waals surface area (Å²) in [5.74, 6) is 0. The van der Waals surface area contributed by atoms with Gasteiger partial charge in [-0.2, -0.15) is 0 Å². The largest absolute Gasteiger partial charge is 0.494 e. The Morgan fingerprint density at radius 1 is 0.571 bits per heavy atom. The van der Waals surface area contributed by atoms with Gasteiger partial charge in [0.05, 0.1) is 11.2 Å². The first-order chi connectivity index (χ1) is 16.8. The lowest BCUT2D eigenvalue weighted by Crippen LogP contribution is -2.41. The molecule has 1 fully saturated rings. The number of para-hydroxylation sites is 2. The molecule has 0 saturated carbocycles. The molecule has 0 atom stereocenters. The second-order valence-corrected chi connectivity index (χ2v) is 10.1. The molecule has 2 heterocycles. The second-order valence-electron chi connectivity index (χ2n) is 10.1. The summed E-state index contributed by atoms with van der Waals surface area (Å²) < 4.78 is 18.9. The summed E-state index contributed by atoms with van der Waals surface area (Å²) in [6, 6.07) is 33.4. The highest BCUT2D eigenvalue weighted by atomic mass is 16.7. The van der Waals surface area contributed by atoms with Crippen LogP contribution in [0.2, 0.25) is 0 Å². The molecule has 6 rings (SSSR count). The number of hydrogen-bond donors (Lipinski definition) is 0. The molecule has 1 aliphatic rings. The number of furan rings is 1. The van der Waals surface area contributed by atoms with Gasteiger partial charge in [0.25, 0.3) is 0 Å². The molecular formula is C30H28BNO3. The van der Waals surface area contributed by atoms with Crippen LogP contribution in [0.1, 0.15) is 27.7 Å². The van der Waals surface area contributed by atoms with E-state index in [1.165, 1.54) is 0 Å². The zero-order valence-corrected chi connectivity index (χ0v) is 20.5. The Labute approximate surface area is 206 Å². The lowest BCUT2D eigenvalue weighted by molar-refractivity contribution is 0.00578. The van der Waals surface area contributed by atoms with Crippen LogP contribution in [0.4, 0.5) is 17.1 Å². The molecule has 0 amide bonds. The third-order valence-electron chi connectivity index (χ3n) is 7.29. The number of fused-ring (bicyclic) bond motifs is 3. The molecule has 1 aromatic heterocycles. The van der Waals surface area contributed by atoms with E-state index in [9.17, 15) is 0 Å². The van der Waals surface area contributed by atoms with Crippen molar-refractivity contribution in [3.05, 3.63) is 97.1 Å². The molecule has 4 aromatic carbocycles. The number of benzene rings is 4. The quantitative estimate of drug-likeness (QED) is 0.262. The molecule has 0 aliphatic carbocycles. The lowest BCUT2D eigenvalue weighted by atomic mass is 9.79. The van der Waals surface area contributed by atoms with E-state index >= 15 is 0 Å². The van der Waals surface area contributed by atoms with Gasteiger partial charge in [-0.3, -0.25) is 0 Å². The van der Waals surface area contributed by atoms with Gasteiger partial charge in [0, 0.05) is 33.9 Å². The van der Waals surface area contributed by atoms with Crippen molar-refractivity contribution < 1.29 is 13.7 Å². The van der Waals surface area contributed by atoms with Gasteiger partial charge in [-0.15, -0.1) is 0 Å². The van der Waals surface area contributed by atoms with E-state index in [1.807, 2.05) is 18.2 Å². The third-order valence-corrected chi connectivity index (χ3v) is 7.29. The fourth-order valence-electron chi connectivity index (χ4n) is 4.65. The van der Waals surface area contributed by atoms with Gasteiger partial charge >= 0.3 is 7.12 Å². The number of hydrogen-bond acceptors (Lipinski definition) is 4. The SMILES string of the molecule is CC1(C)OB(c2ccc3c(c2)oc2cc(N(c4ccccc4)c4ccccc4)ccc23)OC1(C)C. The summed E-state index contributed by atoms with van der Waals surface area (Å²) in [4.78, 5) is 2.24. The smallest absolute Gasteiger partial charge is 0.456 e. The molecule has 0 radical (unpaired) electrons. The van der Waals surface area contributed by atoms with Crippen molar-refractivity contribution in [1.82, 2.24) is 0 Å². The average Bonchev–Trinajstić information content (AvgIpc) is 3.32. The molecule has 0 N–H and O–H groups in total. The molecule has 35 heavy (non-hydrogen) atoms. The molecular weight excluding hydrogens is 433 g/mol. The van der Waals surface area contributed by atoms with Crippen molar-refractivity contribution in [2.24, 2.45) is 0 Å². The zero-order valence-electron chi connectivity index (χ0n) is 20.5. The third kappa shape index (κ3) is 3.72. The number of rotatable bonds is 4. The maximum atomic E-state index is 6.38. The summed E-state index contributed by atoms with van der Waals surface area (Å²) in [5, 5.41) is 2.17. The van der Waals surface area contributed by atoms with Gasteiger partial charge in [0.15, 0.2) is 0 Å². The maximum Gasteiger partial charge on any atom is 0.494 e. The van der Waals surface area contributed by atoms with Crippen molar-refractivity contribution in [1.29, 1.82) is 0 Å². The van der Waals surface area contributed by atoms with Crippen LogP contribution in [0.5, 0.6) is 0 Å². The van der Waals surface area contributed by atoms with Gasteiger partial charge in [-0.25, -0.2) is 0 Å². The first-order valence-electron chi connectivity index (χ1n) is 12.0. The van der Waals surface area contributed by atoms with E-state index in [4.69, 9.17) is 13.7 Å². The number of nitrogens with zero attached hydrogens (tertiary/aromatic N) is 1. The van der Waals surface area contributed by atoms with Crippen LogP contribution >= 0.6 is 0 Å². The number of anilines is 3. The Balaban J connectivity index is 1.42. The van der Waals surface area contributed by atoms with Crippen molar-refractivity contribution in [2.45, 2.75) is 38.9 Å². The van der Waals surface area contributed by atoms with Crippen LogP contribution < -0.4 is 10.4 Å². The molecule has 0 bridgehead atoms. The summed E-state index contributed by atoms with van der Waals surface area (Å²) in [6.45, 7) is 8.28. The molecule has 4 nitrogen and oxygen atoms in total. The predicted octanol–water partition coefficient (Wildman–Crippen LogP) is 7.36. The highest BCUT2D eigenvalue weighted by Crippen LogP contribution is 2.39. The molecule has 1 saturated heterocycles. The van der Waals surface area contributed by atoms with Crippen molar-refractivity contribution in [2.75, 3.05) is 4.90 Å². The monoisotopic (exact) mass is 461 g/mol. The molecule has 1 aliphatic heterocycles. The highest BCUT2D eigenvalue weighted by Gasteiger charge is 2.51. The highest BCUT2D eigenvalue weighted by molar-refractivity contribution is 6.62. The van der Waals surface area contributed by atoms with E-state index in [1.54, 1.807) is 0 Å². The van der Waals surface area contributed by atoms with Crippen LogP contribution in [0.15, 0.2) is 101 Å². The minimum atomic E-state index is -0.417. The normalized spacial score (nSPS) is 16.7. The van der Waals surface area contributed by atoms with Crippen molar-refractivity contribution in [3.63, 3.8) is 0 Å². The Morgan fingerprint density at radius 2 is 1.09 bits per heavy atom. The Hall–Kier alpha value is -3.54. The Bertz CT molecular complexity index is 1450. The van der Waals surface area contributed by atoms with Crippen LogP contribution in [0.25, 0.3) is 21.9 Å². The maximum absolute atomic E-state index is 6.38. The molecule has 5 aromatic rings. The summed E-state index contributed by atoms with van der Waals surface area (Å²) in [5.41, 5.74) is 5.11. The van der Waals surface area contributed by atoms with Crippen LogP contribution in [0.3, 0.4) is 0 Å². The van der Waals surface area contributed by atoms with E-state index in [-0.39, 0.29) is 11.2 Å². The van der Waals surface area contributed by atoms with Crippen LogP contribution in [-0.4, -0.2) is 18.3 Å². The van der Waals surface area contributed by atoms with Crippen LogP contribution in [-0.2, 0) is 9.31 Å². The Morgan fingerprint density at radius 3 is 1.66 bits per heavy atom. The zero-order chi connectivity index (χ0) is 24.2. The second kappa shape index (κ2) is 8.01. The average molecular weight is 461 g/mol. The molecule has 174 valence electrons. The predicted molar refractivity (Wildman–Crippen MR) is 144 cm³/mol.